The predicted molar refractivity (Wildman–Crippen MR) is 118 cm³/mol. The number of guanidine groups is 1. The van der Waals surface area contributed by atoms with Gasteiger partial charge in [0.05, 0.1) is 11.9 Å². The van der Waals surface area contributed by atoms with E-state index in [9.17, 15) is 0 Å². The highest BCUT2D eigenvalue weighted by Crippen LogP contribution is 2.09. The molecule has 3 aromatic heterocycles. The molecule has 0 atom stereocenters. The molecule has 8 nitrogen and oxygen atoms in total. The van der Waals surface area contributed by atoms with Gasteiger partial charge in [0.25, 0.3) is 0 Å². The van der Waals surface area contributed by atoms with E-state index in [1.54, 1.807) is 0 Å². The maximum Gasteiger partial charge on any atom is 0.193 e. The number of rotatable bonds is 7. The minimum atomic E-state index is 0.631. The van der Waals surface area contributed by atoms with Crippen molar-refractivity contribution in [2.24, 2.45) is 4.99 Å². The van der Waals surface area contributed by atoms with Gasteiger partial charge in [0.15, 0.2) is 11.6 Å². The highest BCUT2D eigenvalue weighted by molar-refractivity contribution is 5.79. The van der Waals surface area contributed by atoms with Crippen molar-refractivity contribution in [3.05, 3.63) is 78.5 Å². The number of pyridine rings is 1. The fourth-order valence-corrected chi connectivity index (χ4v) is 3.31. The molecule has 4 aromatic rings. The van der Waals surface area contributed by atoms with Gasteiger partial charge in [0.2, 0.25) is 0 Å². The molecule has 0 saturated carbocycles. The van der Waals surface area contributed by atoms with Gasteiger partial charge in [-0.1, -0.05) is 24.3 Å². The molecule has 0 saturated heterocycles. The second kappa shape index (κ2) is 9.21. The topological polar surface area (TPSA) is 75.6 Å². The van der Waals surface area contributed by atoms with Crippen LogP contribution in [-0.2, 0) is 13.0 Å². The lowest BCUT2D eigenvalue weighted by atomic mass is 10.3. The average molecular weight is 403 g/mol. The summed E-state index contributed by atoms with van der Waals surface area (Å²) in [6.45, 7) is 4.22. The van der Waals surface area contributed by atoms with Crippen molar-refractivity contribution in [2.45, 2.75) is 19.9 Å². The lowest BCUT2D eigenvalue weighted by molar-refractivity contribution is 0.477. The number of aliphatic imine (C=N–C) groups is 1. The van der Waals surface area contributed by atoms with E-state index in [4.69, 9.17) is 4.99 Å². The normalized spacial score (nSPS) is 11.7. The van der Waals surface area contributed by atoms with E-state index < -0.39 is 0 Å². The first-order valence-electron chi connectivity index (χ1n) is 10.1. The van der Waals surface area contributed by atoms with Crippen LogP contribution in [0.1, 0.15) is 18.3 Å². The zero-order valence-electron chi connectivity index (χ0n) is 17.3. The molecular formula is C22H26N8. The van der Waals surface area contributed by atoms with Gasteiger partial charge in [0.1, 0.15) is 5.82 Å². The molecule has 0 aliphatic heterocycles. The Morgan fingerprint density at radius 1 is 1.10 bits per heavy atom. The number of hydrogen-bond acceptors (Lipinski definition) is 4. The number of benzene rings is 1. The van der Waals surface area contributed by atoms with Gasteiger partial charge in [0, 0.05) is 51.1 Å². The van der Waals surface area contributed by atoms with Crippen LogP contribution in [0.15, 0.2) is 72.1 Å². The molecule has 1 aromatic carbocycles. The summed E-state index contributed by atoms with van der Waals surface area (Å²) < 4.78 is 3.90. The molecule has 0 fully saturated rings. The fraction of sp³-hybridized carbons (Fsp3) is 0.273. The SMILES string of the molecule is CCNC(=NCCc1nnc2ccccn12)N(C)Cc1cnn(-c2ccccc2)c1. The second-order valence-corrected chi connectivity index (χ2v) is 7.02. The maximum atomic E-state index is 4.78. The molecule has 0 aliphatic rings. The molecule has 3 heterocycles. The Morgan fingerprint density at radius 3 is 2.77 bits per heavy atom. The summed E-state index contributed by atoms with van der Waals surface area (Å²) in [7, 11) is 2.04. The summed E-state index contributed by atoms with van der Waals surface area (Å²) in [4.78, 5) is 6.89. The van der Waals surface area contributed by atoms with Gasteiger partial charge >= 0.3 is 0 Å². The molecule has 1 N–H and O–H groups in total. The molecule has 0 bridgehead atoms. The summed E-state index contributed by atoms with van der Waals surface area (Å²) in [5.41, 5.74) is 3.03. The third-order valence-corrected chi connectivity index (χ3v) is 4.75. The van der Waals surface area contributed by atoms with E-state index in [0.29, 0.717) is 13.1 Å². The lowest BCUT2D eigenvalue weighted by Gasteiger charge is -2.21. The monoisotopic (exact) mass is 402 g/mol. The van der Waals surface area contributed by atoms with Crippen molar-refractivity contribution in [2.75, 3.05) is 20.1 Å². The van der Waals surface area contributed by atoms with Crippen molar-refractivity contribution >= 4 is 11.6 Å². The van der Waals surface area contributed by atoms with Gasteiger partial charge < -0.3 is 10.2 Å². The van der Waals surface area contributed by atoms with E-state index in [-0.39, 0.29) is 0 Å². The van der Waals surface area contributed by atoms with Crippen LogP contribution >= 0.6 is 0 Å². The van der Waals surface area contributed by atoms with Gasteiger partial charge in [-0.3, -0.25) is 9.39 Å². The van der Waals surface area contributed by atoms with Crippen molar-refractivity contribution in [3.63, 3.8) is 0 Å². The van der Waals surface area contributed by atoms with Crippen LogP contribution in [0, 0.1) is 0 Å². The third kappa shape index (κ3) is 4.48. The molecule has 0 aliphatic carbocycles. The quantitative estimate of drug-likeness (QED) is 0.380. The summed E-state index contributed by atoms with van der Waals surface area (Å²) in [5, 5.41) is 16.3. The van der Waals surface area contributed by atoms with Crippen molar-refractivity contribution in [1.82, 2.24) is 34.6 Å². The molecular weight excluding hydrogens is 376 g/mol. The van der Waals surface area contributed by atoms with Gasteiger partial charge in [-0.25, -0.2) is 4.68 Å². The first-order valence-corrected chi connectivity index (χ1v) is 10.1. The Balaban J connectivity index is 1.41. The van der Waals surface area contributed by atoms with Crippen LogP contribution in [0.2, 0.25) is 0 Å². The lowest BCUT2D eigenvalue weighted by Crippen LogP contribution is -2.38. The Labute approximate surface area is 175 Å². The minimum Gasteiger partial charge on any atom is -0.357 e. The number of hydrogen-bond donors (Lipinski definition) is 1. The van der Waals surface area contributed by atoms with Crippen molar-refractivity contribution in [1.29, 1.82) is 0 Å². The van der Waals surface area contributed by atoms with Crippen molar-refractivity contribution in [3.8, 4) is 5.69 Å². The highest BCUT2D eigenvalue weighted by atomic mass is 15.3. The summed E-state index contributed by atoms with van der Waals surface area (Å²) in [5.74, 6) is 1.77. The van der Waals surface area contributed by atoms with Gasteiger partial charge in [-0.05, 0) is 31.2 Å². The first kappa shape index (κ1) is 19.6. The first-order chi connectivity index (χ1) is 14.7. The Kier molecular flexibility index (Phi) is 6.03. The minimum absolute atomic E-state index is 0.631. The molecule has 30 heavy (non-hydrogen) atoms. The van der Waals surface area contributed by atoms with E-state index >= 15 is 0 Å². The molecule has 154 valence electrons. The molecule has 0 amide bonds. The smallest absolute Gasteiger partial charge is 0.193 e. The Hall–Kier alpha value is -3.68. The second-order valence-electron chi connectivity index (χ2n) is 7.02. The van der Waals surface area contributed by atoms with Crippen LogP contribution in [0.25, 0.3) is 11.3 Å². The Bertz CT molecular complexity index is 1110. The van der Waals surface area contributed by atoms with E-state index in [1.807, 2.05) is 77.1 Å². The predicted octanol–water partition coefficient (Wildman–Crippen LogP) is 2.55. The van der Waals surface area contributed by atoms with E-state index in [1.165, 1.54) is 0 Å². The molecule has 0 spiro atoms. The number of para-hydroxylation sites is 1. The molecule has 0 unspecified atom stereocenters. The zero-order valence-corrected chi connectivity index (χ0v) is 17.3. The van der Waals surface area contributed by atoms with Gasteiger partial charge in [-0.15, -0.1) is 10.2 Å². The maximum absolute atomic E-state index is 4.78. The van der Waals surface area contributed by atoms with E-state index in [2.05, 4.69) is 38.6 Å². The van der Waals surface area contributed by atoms with Crippen LogP contribution in [0.4, 0.5) is 0 Å². The summed E-state index contributed by atoms with van der Waals surface area (Å²) >= 11 is 0. The van der Waals surface area contributed by atoms with E-state index in [0.717, 1.165) is 41.6 Å². The zero-order chi connectivity index (χ0) is 20.8. The number of aromatic nitrogens is 5. The Morgan fingerprint density at radius 2 is 1.93 bits per heavy atom. The van der Waals surface area contributed by atoms with Crippen molar-refractivity contribution < 1.29 is 0 Å². The summed E-state index contributed by atoms with van der Waals surface area (Å²) in [6.07, 6.45) is 6.66. The summed E-state index contributed by atoms with van der Waals surface area (Å²) in [6, 6.07) is 16.0. The fourth-order valence-electron chi connectivity index (χ4n) is 3.31. The van der Waals surface area contributed by atoms with Crippen LogP contribution in [-0.4, -0.2) is 55.4 Å². The van der Waals surface area contributed by atoms with Crippen LogP contribution in [0.3, 0.4) is 0 Å². The van der Waals surface area contributed by atoms with Gasteiger partial charge in [-0.2, -0.15) is 5.10 Å². The third-order valence-electron chi connectivity index (χ3n) is 4.75. The molecule has 8 heteroatoms. The van der Waals surface area contributed by atoms with Crippen LogP contribution < -0.4 is 5.32 Å². The largest absolute Gasteiger partial charge is 0.357 e. The number of nitrogens with one attached hydrogen (secondary N) is 1. The number of fused-ring (bicyclic) bond motifs is 1. The molecule has 0 radical (unpaired) electrons. The average Bonchev–Trinajstić information content (AvgIpc) is 3.41. The van der Waals surface area contributed by atoms with Crippen LogP contribution in [0.5, 0.6) is 0 Å². The molecule has 4 rings (SSSR count). The standard InChI is InChI=1S/C22H26N8/c1-3-23-22(24-13-12-21-27-26-20-11-7-8-14-29(20)21)28(2)16-18-15-25-30(17-18)19-9-5-4-6-10-19/h4-11,14-15,17H,3,12-13,16H2,1-2H3,(H,23,24). The number of nitrogens with zero attached hydrogens (tertiary/aromatic N) is 7. The highest BCUT2D eigenvalue weighted by Gasteiger charge is 2.10.